The van der Waals surface area contributed by atoms with Gasteiger partial charge in [0.15, 0.2) is 0 Å². The Hall–Kier alpha value is -1.87. The van der Waals surface area contributed by atoms with Crippen LogP contribution in [0.25, 0.3) is 0 Å². The largest absolute Gasteiger partial charge is 0.390 e. The number of aliphatic hydroxyl groups excluding tert-OH is 1. The summed E-state index contributed by atoms with van der Waals surface area (Å²) in [5, 5.41) is 10.1. The molecule has 2 N–H and O–H groups in total. The molecule has 0 aliphatic carbocycles. The number of H-pyrrole nitrogens is 1. The summed E-state index contributed by atoms with van der Waals surface area (Å²) in [6.07, 6.45) is -0.272. The van der Waals surface area contributed by atoms with Crippen molar-refractivity contribution in [1.29, 1.82) is 0 Å². The molecule has 0 bridgehead atoms. The highest BCUT2D eigenvalue weighted by molar-refractivity contribution is 7.94. The molecule has 0 unspecified atom stereocenters. The second-order valence-electron chi connectivity index (χ2n) is 5.13. The number of hydrogen-bond acceptors (Lipinski definition) is 6. The molecular weight excluding hydrogens is 320 g/mol. The molecule has 23 heavy (non-hydrogen) atoms. The Kier molecular flexibility index (Phi) is 4.97. The number of ether oxygens (including phenoxy) is 1. The smallest absolute Gasteiger partial charge is 0.330 e. The number of rotatable bonds is 5. The standard InChI is InChI=1S/C15H16N2O5S/c18-11-8-14(17-7-6-13(19)16-15(17)20)22-12(11)9-21-23-10-4-2-1-3-5-10/h1-7,11-12,14,18H,8-9H2,(H,16,19,20)/t11-,12+,14+/m0/s1. The molecule has 1 aromatic heterocycles. The molecule has 3 rings (SSSR count). The van der Waals surface area contributed by atoms with Crippen molar-refractivity contribution in [2.75, 3.05) is 6.61 Å². The summed E-state index contributed by atoms with van der Waals surface area (Å²) in [6, 6.07) is 10.8. The van der Waals surface area contributed by atoms with Gasteiger partial charge in [-0.1, -0.05) is 18.2 Å². The normalized spacial score (nSPS) is 24.0. The van der Waals surface area contributed by atoms with E-state index in [1.54, 1.807) is 0 Å². The van der Waals surface area contributed by atoms with Crippen LogP contribution in [-0.2, 0) is 8.92 Å². The second kappa shape index (κ2) is 7.14. The quantitative estimate of drug-likeness (QED) is 0.788. The zero-order chi connectivity index (χ0) is 16.2. The minimum Gasteiger partial charge on any atom is -0.390 e. The molecule has 0 radical (unpaired) electrons. The van der Waals surface area contributed by atoms with Gasteiger partial charge in [-0.3, -0.25) is 14.3 Å². The van der Waals surface area contributed by atoms with Crippen LogP contribution in [0.15, 0.2) is 57.1 Å². The lowest BCUT2D eigenvalue weighted by Crippen LogP contribution is -2.31. The van der Waals surface area contributed by atoms with E-state index < -0.39 is 29.7 Å². The maximum atomic E-state index is 11.7. The molecular formula is C15H16N2O5S. The third-order valence-corrected chi connectivity index (χ3v) is 4.21. The highest BCUT2D eigenvalue weighted by Gasteiger charge is 2.35. The summed E-state index contributed by atoms with van der Waals surface area (Å²) in [6.45, 7) is 0.190. The molecule has 1 fully saturated rings. The Balaban J connectivity index is 1.58. The summed E-state index contributed by atoms with van der Waals surface area (Å²) in [5.41, 5.74) is -1.03. The van der Waals surface area contributed by atoms with Crippen LogP contribution < -0.4 is 11.2 Å². The van der Waals surface area contributed by atoms with Crippen molar-refractivity contribution in [1.82, 2.24) is 9.55 Å². The van der Waals surface area contributed by atoms with Gasteiger partial charge in [0.25, 0.3) is 5.56 Å². The third kappa shape index (κ3) is 3.91. The van der Waals surface area contributed by atoms with Gasteiger partial charge in [0.05, 0.1) is 12.7 Å². The van der Waals surface area contributed by atoms with E-state index >= 15 is 0 Å². The molecule has 1 saturated heterocycles. The van der Waals surface area contributed by atoms with Gasteiger partial charge in [0.2, 0.25) is 0 Å². The van der Waals surface area contributed by atoms with Gasteiger partial charge in [-0.2, -0.15) is 0 Å². The average molecular weight is 336 g/mol. The Morgan fingerprint density at radius 3 is 2.83 bits per heavy atom. The van der Waals surface area contributed by atoms with Crippen LogP contribution in [0.1, 0.15) is 12.6 Å². The second-order valence-corrected chi connectivity index (χ2v) is 6.00. The van der Waals surface area contributed by atoms with Crippen molar-refractivity contribution in [3.63, 3.8) is 0 Å². The van der Waals surface area contributed by atoms with E-state index in [1.165, 1.54) is 28.9 Å². The van der Waals surface area contributed by atoms with Crippen molar-refractivity contribution < 1.29 is 14.0 Å². The zero-order valence-corrected chi connectivity index (χ0v) is 12.9. The van der Waals surface area contributed by atoms with Crippen molar-refractivity contribution >= 4 is 12.0 Å². The fourth-order valence-corrected chi connectivity index (χ4v) is 2.94. The first-order chi connectivity index (χ1) is 11.1. The van der Waals surface area contributed by atoms with Gasteiger partial charge in [-0.05, 0) is 12.1 Å². The molecule has 3 atom stereocenters. The predicted octanol–water partition coefficient (Wildman–Crippen LogP) is 0.909. The van der Waals surface area contributed by atoms with Gasteiger partial charge in [0.1, 0.15) is 12.3 Å². The van der Waals surface area contributed by atoms with Gasteiger partial charge < -0.3 is 14.0 Å². The molecule has 0 amide bonds. The summed E-state index contributed by atoms with van der Waals surface area (Å²) in [5.74, 6) is 0. The molecule has 1 aliphatic rings. The van der Waals surface area contributed by atoms with Crippen LogP contribution in [0, 0.1) is 0 Å². The minimum absolute atomic E-state index is 0.190. The SMILES string of the molecule is O=c1ccn([C@H]2C[C@H](O)[C@@H](COSc3ccccc3)O2)c(=O)[nH]1. The Morgan fingerprint density at radius 2 is 2.09 bits per heavy atom. The van der Waals surface area contributed by atoms with E-state index in [4.69, 9.17) is 8.92 Å². The van der Waals surface area contributed by atoms with Crippen LogP contribution in [-0.4, -0.2) is 33.5 Å². The lowest BCUT2D eigenvalue weighted by Gasteiger charge is -2.15. The van der Waals surface area contributed by atoms with Crippen molar-refractivity contribution in [2.24, 2.45) is 0 Å². The number of aromatic amines is 1. The average Bonchev–Trinajstić information content (AvgIpc) is 2.89. The fraction of sp³-hybridized carbons (Fsp3) is 0.333. The molecule has 8 heteroatoms. The van der Waals surface area contributed by atoms with Crippen LogP contribution >= 0.6 is 12.0 Å². The first-order valence-corrected chi connectivity index (χ1v) is 7.87. The maximum absolute atomic E-state index is 11.7. The Bertz CT molecular complexity index is 760. The molecule has 1 aliphatic heterocycles. The number of nitrogens with one attached hydrogen (secondary N) is 1. The van der Waals surface area contributed by atoms with E-state index in [0.717, 1.165) is 4.90 Å². The van der Waals surface area contributed by atoms with Gasteiger partial charge in [0, 0.05) is 35.6 Å². The van der Waals surface area contributed by atoms with Crippen LogP contribution in [0.2, 0.25) is 0 Å². The van der Waals surface area contributed by atoms with E-state index in [9.17, 15) is 14.7 Å². The number of nitrogens with zero attached hydrogens (tertiary/aromatic N) is 1. The van der Waals surface area contributed by atoms with Gasteiger partial charge in [-0.15, -0.1) is 0 Å². The third-order valence-electron chi connectivity index (χ3n) is 3.50. The highest BCUT2D eigenvalue weighted by atomic mass is 32.2. The number of benzene rings is 1. The van der Waals surface area contributed by atoms with E-state index in [1.807, 2.05) is 30.3 Å². The highest BCUT2D eigenvalue weighted by Crippen LogP contribution is 2.29. The van der Waals surface area contributed by atoms with E-state index in [0.29, 0.717) is 0 Å². The van der Waals surface area contributed by atoms with Gasteiger partial charge in [-0.25, -0.2) is 4.79 Å². The van der Waals surface area contributed by atoms with Gasteiger partial charge >= 0.3 is 5.69 Å². The molecule has 2 heterocycles. The number of aromatic nitrogens is 2. The number of aliphatic hydroxyl groups is 1. The minimum atomic E-state index is -0.741. The predicted molar refractivity (Wildman–Crippen MR) is 84.1 cm³/mol. The lowest BCUT2D eigenvalue weighted by atomic mass is 10.2. The van der Waals surface area contributed by atoms with Crippen LogP contribution in [0.4, 0.5) is 0 Å². The van der Waals surface area contributed by atoms with Crippen LogP contribution in [0.5, 0.6) is 0 Å². The lowest BCUT2D eigenvalue weighted by molar-refractivity contribution is -0.0380. The molecule has 2 aromatic rings. The Labute approximate surface area is 136 Å². The Morgan fingerprint density at radius 1 is 1.30 bits per heavy atom. The summed E-state index contributed by atoms with van der Waals surface area (Å²) in [7, 11) is 0. The van der Waals surface area contributed by atoms with Crippen LogP contribution in [0.3, 0.4) is 0 Å². The molecule has 1 aromatic carbocycles. The molecule has 7 nitrogen and oxygen atoms in total. The maximum Gasteiger partial charge on any atom is 0.330 e. The topological polar surface area (TPSA) is 93.6 Å². The fourth-order valence-electron chi connectivity index (χ4n) is 2.34. The zero-order valence-electron chi connectivity index (χ0n) is 12.1. The summed E-state index contributed by atoms with van der Waals surface area (Å²) in [4.78, 5) is 25.9. The van der Waals surface area contributed by atoms with Crippen molar-refractivity contribution in [2.45, 2.75) is 29.8 Å². The summed E-state index contributed by atoms with van der Waals surface area (Å²) < 4.78 is 12.4. The molecule has 0 saturated carbocycles. The molecule has 0 spiro atoms. The van der Waals surface area contributed by atoms with Crippen molar-refractivity contribution in [3.05, 3.63) is 63.4 Å². The summed E-state index contributed by atoms with van der Waals surface area (Å²) >= 11 is 1.20. The molecule has 122 valence electrons. The number of hydrogen-bond donors (Lipinski definition) is 2. The first kappa shape index (κ1) is 16.0. The van der Waals surface area contributed by atoms with E-state index in [-0.39, 0.29) is 13.0 Å². The van der Waals surface area contributed by atoms with Crippen molar-refractivity contribution in [3.8, 4) is 0 Å². The van der Waals surface area contributed by atoms with E-state index in [2.05, 4.69) is 4.98 Å². The monoisotopic (exact) mass is 336 g/mol. The first-order valence-electron chi connectivity index (χ1n) is 7.13.